The third kappa shape index (κ3) is 0.628. The third-order valence-electron chi connectivity index (χ3n) is 1.55. The van der Waals surface area contributed by atoms with Crippen LogP contribution in [0.25, 0.3) is 6.08 Å². The van der Waals surface area contributed by atoms with Gasteiger partial charge in [0.25, 0.3) is 0 Å². The molecule has 0 aliphatic carbocycles. The standard InChI is InChI=1S/C7H7BN/c1-5-4-6-2-3-8-7(6)9-5/h2-4,9H,1H3. The average Bonchev–Trinajstić information content (AvgIpc) is 2.22. The third-order valence-corrected chi connectivity index (χ3v) is 1.55. The molecule has 0 bridgehead atoms. The molecule has 0 saturated heterocycles. The summed E-state index contributed by atoms with van der Waals surface area (Å²) in [6.45, 7) is 2.07. The maximum Gasteiger partial charge on any atom is 0.204 e. The van der Waals surface area contributed by atoms with Crippen LogP contribution in [0.2, 0.25) is 0 Å². The molecule has 1 nitrogen and oxygen atoms in total. The average molecular weight is 116 g/mol. The quantitative estimate of drug-likeness (QED) is 0.478. The lowest BCUT2D eigenvalue weighted by Crippen LogP contribution is -2.11. The number of rotatable bonds is 0. The van der Waals surface area contributed by atoms with Crippen LogP contribution in [0.5, 0.6) is 0 Å². The van der Waals surface area contributed by atoms with Gasteiger partial charge >= 0.3 is 0 Å². The van der Waals surface area contributed by atoms with Crippen LogP contribution >= 0.6 is 0 Å². The summed E-state index contributed by atoms with van der Waals surface area (Å²) in [7, 11) is 2.09. The van der Waals surface area contributed by atoms with E-state index in [-0.39, 0.29) is 0 Å². The number of H-pyrrole nitrogens is 1. The molecule has 1 N–H and O–H groups in total. The number of aromatic nitrogens is 1. The first-order valence-electron chi connectivity index (χ1n) is 3.07. The van der Waals surface area contributed by atoms with E-state index in [0.29, 0.717) is 0 Å². The van der Waals surface area contributed by atoms with Gasteiger partial charge in [0.05, 0.1) is 0 Å². The van der Waals surface area contributed by atoms with E-state index in [2.05, 4.69) is 37.3 Å². The maximum atomic E-state index is 3.24. The molecule has 1 aliphatic rings. The smallest absolute Gasteiger partial charge is 0.204 e. The number of hydrogen-bond donors (Lipinski definition) is 1. The minimum atomic E-state index is 1.24. The molecule has 0 spiro atoms. The van der Waals surface area contributed by atoms with Gasteiger partial charge in [-0.15, -0.1) is 5.98 Å². The summed E-state index contributed by atoms with van der Waals surface area (Å²) < 4.78 is 0. The highest BCUT2D eigenvalue weighted by atomic mass is 14.7. The zero-order chi connectivity index (χ0) is 6.27. The molecule has 0 saturated carbocycles. The Kier molecular flexibility index (Phi) is 0.837. The number of hydrogen-bond acceptors (Lipinski definition) is 0. The van der Waals surface area contributed by atoms with Crippen molar-refractivity contribution in [2.75, 3.05) is 0 Å². The topological polar surface area (TPSA) is 15.8 Å². The van der Waals surface area contributed by atoms with Crippen LogP contribution in [-0.4, -0.2) is 12.3 Å². The van der Waals surface area contributed by atoms with Gasteiger partial charge < -0.3 is 4.98 Å². The highest BCUT2D eigenvalue weighted by Crippen LogP contribution is 2.05. The van der Waals surface area contributed by atoms with Crippen molar-refractivity contribution < 1.29 is 0 Å². The Bertz CT molecular complexity index is 260. The van der Waals surface area contributed by atoms with Gasteiger partial charge in [-0.2, -0.15) is 0 Å². The van der Waals surface area contributed by atoms with Gasteiger partial charge in [0.1, 0.15) is 0 Å². The first-order chi connectivity index (χ1) is 4.36. The number of aromatic amines is 1. The van der Waals surface area contributed by atoms with Crippen molar-refractivity contribution in [1.29, 1.82) is 0 Å². The van der Waals surface area contributed by atoms with Crippen molar-refractivity contribution in [2.24, 2.45) is 0 Å². The van der Waals surface area contributed by atoms with Crippen molar-refractivity contribution in [3.8, 4) is 0 Å². The molecule has 1 aromatic rings. The summed E-state index contributed by atoms with van der Waals surface area (Å²) >= 11 is 0. The van der Waals surface area contributed by atoms with Gasteiger partial charge in [-0.05, 0) is 24.1 Å². The maximum absolute atomic E-state index is 3.24. The van der Waals surface area contributed by atoms with Gasteiger partial charge in [-0.1, -0.05) is 6.08 Å². The van der Waals surface area contributed by atoms with E-state index in [9.17, 15) is 0 Å². The predicted octanol–water partition coefficient (Wildman–Crippen LogP) is 0.637. The summed E-state index contributed by atoms with van der Waals surface area (Å²) in [5, 5.41) is 0. The molecule has 2 rings (SSSR count). The van der Waals surface area contributed by atoms with Crippen LogP contribution in [0.4, 0.5) is 0 Å². The molecule has 2 heterocycles. The molecule has 9 heavy (non-hydrogen) atoms. The molecule has 1 aliphatic heterocycles. The zero-order valence-electron chi connectivity index (χ0n) is 5.31. The molecule has 0 amide bonds. The molecule has 0 unspecified atom stereocenters. The fourth-order valence-electron chi connectivity index (χ4n) is 1.16. The van der Waals surface area contributed by atoms with Crippen LogP contribution in [0.3, 0.4) is 0 Å². The Balaban J connectivity index is 2.61. The van der Waals surface area contributed by atoms with Crippen molar-refractivity contribution in [3.05, 3.63) is 23.3 Å². The van der Waals surface area contributed by atoms with Crippen LogP contribution in [0.1, 0.15) is 11.3 Å². The summed E-state index contributed by atoms with van der Waals surface area (Å²) in [5.74, 6) is 2.06. The highest BCUT2D eigenvalue weighted by molar-refractivity contribution is 6.61. The molecule has 1 aromatic heterocycles. The van der Waals surface area contributed by atoms with E-state index < -0.39 is 0 Å². The predicted molar refractivity (Wildman–Crippen MR) is 40.0 cm³/mol. The molecule has 1 radical (unpaired) electrons. The monoisotopic (exact) mass is 116 g/mol. The van der Waals surface area contributed by atoms with Crippen LogP contribution in [0.15, 0.2) is 12.0 Å². The normalized spacial score (nSPS) is 13.4. The van der Waals surface area contributed by atoms with Crippen LogP contribution in [-0.2, 0) is 0 Å². The van der Waals surface area contributed by atoms with Gasteiger partial charge in [-0.25, -0.2) is 0 Å². The highest BCUT2D eigenvalue weighted by Gasteiger charge is 2.06. The Morgan fingerprint density at radius 3 is 3.22 bits per heavy atom. The van der Waals surface area contributed by atoms with Crippen molar-refractivity contribution >= 4 is 18.9 Å². The Hall–Kier alpha value is -0.915. The van der Waals surface area contributed by atoms with E-state index in [1.807, 2.05) is 0 Å². The molecule has 0 aromatic carbocycles. The molecule has 2 heteroatoms. The molecule has 43 valence electrons. The van der Waals surface area contributed by atoms with Crippen LogP contribution in [0, 0.1) is 6.92 Å². The molecular weight excluding hydrogens is 109 g/mol. The molecule has 0 fully saturated rings. The lowest BCUT2D eigenvalue weighted by atomic mass is 9.78. The second-order valence-corrected chi connectivity index (χ2v) is 2.35. The number of aryl methyl sites for hydroxylation is 1. The summed E-state index contributed by atoms with van der Waals surface area (Å²) in [6, 6.07) is 2.15. The molecule has 0 atom stereocenters. The lowest BCUT2D eigenvalue weighted by Gasteiger charge is -1.82. The van der Waals surface area contributed by atoms with Gasteiger partial charge in [0.15, 0.2) is 0 Å². The summed E-state index contributed by atoms with van der Waals surface area (Å²) in [6.07, 6.45) is 2.11. The summed E-state index contributed by atoms with van der Waals surface area (Å²) in [4.78, 5) is 3.24. The van der Waals surface area contributed by atoms with E-state index in [4.69, 9.17) is 0 Å². The zero-order valence-corrected chi connectivity index (χ0v) is 5.31. The Labute approximate surface area is 55.0 Å². The first kappa shape index (κ1) is 4.92. The molecular formula is C7H7BN. The fourth-order valence-corrected chi connectivity index (χ4v) is 1.16. The Morgan fingerprint density at radius 2 is 2.44 bits per heavy atom. The largest absolute Gasteiger partial charge is 0.370 e. The first-order valence-corrected chi connectivity index (χ1v) is 3.07. The fraction of sp³-hybridized carbons (Fsp3) is 0.143. The van der Waals surface area contributed by atoms with E-state index in [1.165, 1.54) is 16.9 Å². The van der Waals surface area contributed by atoms with E-state index in [1.54, 1.807) is 0 Å². The number of nitrogens with one attached hydrogen (secondary N) is 1. The van der Waals surface area contributed by atoms with Crippen molar-refractivity contribution in [2.45, 2.75) is 6.92 Å². The summed E-state index contributed by atoms with van der Waals surface area (Å²) in [5.41, 5.74) is 3.79. The van der Waals surface area contributed by atoms with Crippen molar-refractivity contribution in [1.82, 2.24) is 4.98 Å². The van der Waals surface area contributed by atoms with Gasteiger partial charge in [-0.3, -0.25) is 0 Å². The van der Waals surface area contributed by atoms with Gasteiger partial charge in [0, 0.05) is 5.69 Å². The van der Waals surface area contributed by atoms with Crippen LogP contribution < -0.4 is 5.59 Å². The lowest BCUT2D eigenvalue weighted by molar-refractivity contribution is 1.29. The van der Waals surface area contributed by atoms with E-state index in [0.717, 1.165) is 0 Å². The SMILES string of the molecule is Cc1cc2c([nH]1)[B]C=C2. The number of fused-ring (bicyclic) bond motifs is 1. The Morgan fingerprint density at radius 1 is 1.56 bits per heavy atom. The minimum absolute atomic E-state index is 1.24. The van der Waals surface area contributed by atoms with E-state index >= 15 is 0 Å². The second kappa shape index (κ2) is 1.53. The van der Waals surface area contributed by atoms with Crippen molar-refractivity contribution in [3.63, 3.8) is 0 Å². The minimum Gasteiger partial charge on any atom is -0.370 e. The second-order valence-electron chi connectivity index (χ2n) is 2.35. The van der Waals surface area contributed by atoms with Gasteiger partial charge in [0.2, 0.25) is 7.28 Å².